The first-order chi connectivity index (χ1) is 10.6. The molecule has 0 radical (unpaired) electrons. The van der Waals surface area contributed by atoms with E-state index in [1.165, 1.54) is 57.4 Å². The molecule has 0 amide bonds. The van der Waals surface area contributed by atoms with E-state index in [1.807, 2.05) is 6.07 Å². The van der Waals surface area contributed by atoms with Crippen molar-refractivity contribution in [2.24, 2.45) is 0 Å². The molecule has 0 aliphatic carbocycles. The topological polar surface area (TPSA) is 54.4 Å². The molecule has 0 atom stereocenters. The molecular formula is C18H30CeO3S. The van der Waals surface area contributed by atoms with E-state index >= 15 is 0 Å². The van der Waals surface area contributed by atoms with Crippen LogP contribution in [0.1, 0.15) is 76.7 Å². The first kappa shape index (κ1) is 23.5. The van der Waals surface area contributed by atoms with Gasteiger partial charge < -0.3 is 0 Å². The van der Waals surface area contributed by atoms with Crippen molar-refractivity contribution < 1.29 is 54.7 Å². The van der Waals surface area contributed by atoms with E-state index in [9.17, 15) is 13.0 Å². The van der Waals surface area contributed by atoms with Gasteiger partial charge in [-0.25, -0.2) is 0 Å². The standard InChI is InChI=1S/C18H30O3S.Ce/c1-2-3-4-5-6-7-8-9-10-11-14-17-15-12-13-16-18(17)22(19,20)21;/h12-13,15-16H,2-11,14H2,1H3,(H,19,20,21);. The van der Waals surface area contributed by atoms with Crippen LogP contribution in [0.4, 0.5) is 0 Å². The molecule has 23 heavy (non-hydrogen) atoms. The fraction of sp³-hybridized carbons (Fsp3) is 0.667. The summed E-state index contributed by atoms with van der Waals surface area (Å²) in [6, 6.07) is 6.73. The summed E-state index contributed by atoms with van der Waals surface area (Å²) in [6.07, 6.45) is 13.3. The molecule has 0 saturated heterocycles. The summed E-state index contributed by atoms with van der Waals surface area (Å²) in [7, 11) is -4.10. The Bertz CT molecular complexity index is 515. The van der Waals surface area contributed by atoms with E-state index in [2.05, 4.69) is 6.92 Å². The van der Waals surface area contributed by atoms with E-state index < -0.39 is 10.1 Å². The Morgan fingerprint density at radius 3 is 1.83 bits per heavy atom. The van der Waals surface area contributed by atoms with Crippen LogP contribution in [0.25, 0.3) is 0 Å². The quantitative estimate of drug-likeness (QED) is 0.332. The van der Waals surface area contributed by atoms with Crippen LogP contribution < -0.4 is 0 Å². The van der Waals surface area contributed by atoms with Crippen molar-refractivity contribution >= 4 is 10.1 Å². The molecule has 0 aromatic heterocycles. The summed E-state index contributed by atoms with van der Waals surface area (Å²) in [5, 5.41) is 0. The zero-order valence-corrected chi connectivity index (χ0v) is 18.2. The van der Waals surface area contributed by atoms with E-state index in [-0.39, 0.29) is 46.6 Å². The third-order valence-electron chi connectivity index (χ3n) is 4.05. The molecule has 130 valence electrons. The van der Waals surface area contributed by atoms with Gasteiger partial charge in [-0.3, -0.25) is 4.55 Å². The van der Waals surface area contributed by atoms with Gasteiger partial charge in [-0.05, 0) is 24.5 Å². The zero-order chi connectivity index (χ0) is 16.3. The van der Waals surface area contributed by atoms with Gasteiger partial charge in [-0.15, -0.1) is 0 Å². The number of aryl methyl sites for hydroxylation is 1. The van der Waals surface area contributed by atoms with Crippen molar-refractivity contribution in [3.05, 3.63) is 29.8 Å². The smallest absolute Gasteiger partial charge is 0.282 e. The molecule has 0 bridgehead atoms. The summed E-state index contributed by atoms with van der Waals surface area (Å²) in [5.41, 5.74) is 0.726. The van der Waals surface area contributed by atoms with Crippen molar-refractivity contribution in [3.63, 3.8) is 0 Å². The second-order valence-corrected chi connectivity index (χ2v) is 7.40. The summed E-state index contributed by atoms with van der Waals surface area (Å²) >= 11 is 0. The molecule has 0 spiro atoms. The fourth-order valence-electron chi connectivity index (χ4n) is 2.76. The molecule has 0 heterocycles. The minimum Gasteiger partial charge on any atom is -0.282 e. The summed E-state index contributed by atoms with van der Waals surface area (Å²) in [5.74, 6) is 0. The molecule has 3 nitrogen and oxygen atoms in total. The normalized spacial score (nSPS) is 11.2. The average molecular weight is 467 g/mol. The van der Waals surface area contributed by atoms with Crippen LogP contribution in [0.2, 0.25) is 0 Å². The number of benzene rings is 1. The van der Waals surface area contributed by atoms with Crippen LogP contribution in [0.5, 0.6) is 0 Å². The molecule has 0 fully saturated rings. The Morgan fingerprint density at radius 1 is 0.826 bits per heavy atom. The second kappa shape index (κ2) is 13.8. The third kappa shape index (κ3) is 10.9. The first-order valence-electron chi connectivity index (χ1n) is 8.61. The molecule has 1 aromatic rings. The molecule has 0 unspecified atom stereocenters. The predicted octanol–water partition coefficient (Wildman–Crippen LogP) is 5.40. The van der Waals surface area contributed by atoms with E-state index in [1.54, 1.807) is 12.1 Å². The van der Waals surface area contributed by atoms with Gasteiger partial charge >= 0.3 is 0 Å². The van der Waals surface area contributed by atoms with Gasteiger partial charge in [0.2, 0.25) is 0 Å². The Hall–Kier alpha value is 0.507. The van der Waals surface area contributed by atoms with Gasteiger partial charge in [0.1, 0.15) is 0 Å². The molecule has 1 N–H and O–H groups in total. The van der Waals surface area contributed by atoms with Gasteiger partial charge in [0, 0.05) is 41.7 Å². The molecule has 5 heteroatoms. The predicted molar refractivity (Wildman–Crippen MR) is 91.8 cm³/mol. The van der Waals surface area contributed by atoms with Crippen molar-refractivity contribution in [1.82, 2.24) is 0 Å². The fourth-order valence-corrected chi connectivity index (χ4v) is 3.52. The molecule has 0 aliphatic rings. The van der Waals surface area contributed by atoms with Gasteiger partial charge in [-0.1, -0.05) is 82.9 Å². The number of hydrogen-bond donors (Lipinski definition) is 1. The van der Waals surface area contributed by atoms with Crippen molar-refractivity contribution in [2.75, 3.05) is 0 Å². The number of unbranched alkanes of at least 4 members (excludes halogenated alkanes) is 9. The maximum Gasteiger partial charge on any atom is 0.294 e. The van der Waals surface area contributed by atoms with E-state index in [0.29, 0.717) is 6.42 Å². The maximum atomic E-state index is 11.3. The van der Waals surface area contributed by atoms with Gasteiger partial charge in [0.15, 0.2) is 0 Å². The average Bonchev–Trinajstić information content (AvgIpc) is 2.48. The van der Waals surface area contributed by atoms with E-state index in [0.717, 1.165) is 18.4 Å². The maximum absolute atomic E-state index is 11.3. The Balaban J connectivity index is 0.00000484. The molecule has 0 aliphatic heterocycles. The summed E-state index contributed by atoms with van der Waals surface area (Å²) in [6.45, 7) is 2.24. The minimum absolute atomic E-state index is 0. The number of hydrogen-bond acceptors (Lipinski definition) is 2. The Morgan fingerprint density at radius 2 is 1.30 bits per heavy atom. The largest absolute Gasteiger partial charge is 0.294 e. The van der Waals surface area contributed by atoms with Crippen molar-refractivity contribution in [2.45, 2.75) is 82.4 Å². The number of rotatable bonds is 12. The van der Waals surface area contributed by atoms with Gasteiger partial charge in [0.05, 0.1) is 4.90 Å². The van der Waals surface area contributed by atoms with Gasteiger partial charge in [0.25, 0.3) is 10.1 Å². The van der Waals surface area contributed by atoms with Crippen LogP contribution >= 0.6 is 0 Å². The van der Waals surface area contributed by atoms with Crippen LogP contribution in [0, 0.1) is 41.7 Å². The molecular weight excluding hydrogens is 436 g/mol. The SMILES string of the molecule is CCCCCCCCCCCCc1ccccc1S(=O)(=O)O.[Ce]. The Labute approximate surface area is 175 Å². The van der Waals surface area contributed by atoms with Gasteiger partial charge in [-0.2, -0.15) is 8.42 Å². The Kier molecular flexibility index (Phi) is 14.1. The molecule has 0 saturated carbocycles. The third-order valence-corrected chi connectivity index (χ3v) is 5.00. The molecule has 1 rings (SSSR count). The van der Waals surface area contributed by atoms with Crippen LogP contribution in [-0.2, 0) is 16.5 Å². The minimum atomic E-state index is -4.10. The summed E-state index contributed by atoms with van der Waals surface area (Å²) < 4.78 is 31.8. The summed E-state index contributed by atoms with van der Waals surface area (Å²) in [4.78, 5) is 0.0610. The first-order valence-corrected chi connectivity index (χ1v) is 10.0. The monoisotopic (exact) mass is 466 g/mol. The van der Waals surface area contributed by atoms with Crippen molar-refractivity contribution in [3.8, 4) is 0 Å². The van der Waals surface area contributed by atoms with Crippen LogP contribution in [0.3, 0.4) is 0 Å². The van der Waals surface area contributed by atoms with Crippen LogP contribution in [0.15, 0.2) is 29.2 Å². The zero-order valence-electron chi connectivity index (χ0n) is 14.3. The molecule has 1 aromatic carbocycles. The van der Waals surface area contributed by atoms with Crippen molar-refractivity contribution in [1.29, 1.82) is 0 Å². The second-order valence-electron chi connectivity index (χ2n) is 6.01. The van der Waals surface area contributed by atoms with Crippen LogP contribution in [-0.4, -0.2) is 13.0 Å². The van der Waals surface area contributed by atoms with E-state index in [4.69, 9.17) is 0 Å².